The topological polar surface area (TPSA) is 79.6 Å². The fourth-order valence-corrected chi connectivity index (χ4v) is 3.69. The first-order valence-corrected chi connectivity index (χ1v) is 8.74. The number of hydrogen-bond donors (Lipinski definition) is 1. The number of amides is 3. The van der Waals surface area contributed by atoms with E-state index in [0.717, 1.165) is 24.2 Å². The molecule has 26 heavy (non-hydrogen) atoms. The summed E-state index contributed by atoms with van der Waals surface area (Å²) in [6.07, 6.45) is 3.11. The lowest BCUT2D eigenvalue weighted by Gasteiger charge is -2.19. The Morgan fingerprint density at radius 2 is 1.96 bits per heavy atom. The normalized spacial score (nSPS) is 21.8. The minimum Gasteiger partial charge on any atom is -0.463 e. The first-order valence-electron chi connectivity index (χ1n) is 8.74. The van der Waals surface area contributed by atoms with Crippen LogP contribution in [0.3, 0.4) is 0 Å². The largest absolute Gasteiger partial charge is 0.463 e. The predicted octanol–water partition coefficient (Wildman–Crippen LogP) is 2.73. The fourth-order valence-electron chi connectivity index (χ4n) is 3.69. The van der Waals surface area contributed by atoms with E-state index in [-0.39, 0.29) is 12.3 Å². The van der Waals surface area contributed by atoms with Crippen LogP contribution in [0.15, 0.2) is 34.7 Å². The highest BCUT2D eigenvalue weighted by molar-refractivity contribution is 6.11. The van der Waals surface area contributed by atoms with Crippen LogP contribution in [0, 0.1) is 6.92 Å². The number of nitrogens with one attached hydrogen (secondary N) is 1. The molecule has 4 rings (SSSR count). The number of ketones is 1. The van der Waals surface area contributed by atoms with Gasteiger partial charge in [-0.05, 0) is 62.4 Å². The zero-order valence-corrected chi connectivity index (χ0v) is 14.8. The fraction of sp³-hybridized carbons (Fsp3) is 0.350. The number of benzene rings is 1. The molecule has 1 aromatic heterocycles. The summed E-state index contributed by atoms with van der Waals surface area (Å²) in [4.78, 5) is 38.8. The van der Waals surface area contributed by atoms with Crippen LogP contribution in [-0.2, 0) is 23.2 Å². The molecule has 1 N–H and O–H groups in total. The molecule has 3 amide bonds. The maximum atomic E-state index is 12.8. The molecule has 0 spiro atoms. The summed E-state index contributed by atoms with van der Waals surface area (Å²) >= 11 is 0. The Balaban J connectivity index is 1.55. The third kappa shape index (κ3) is 2.53. The minimum absolute atomic E-state index is 0.247. The van der Waals surface area contributed by atoms with Gasteiger partial charge in [0.2, 0.25) is 0 Å². The Morgan fingerprint density at radius 1 is 1.19 bits per heavy atom. The molecular weight excluding hydrogens is 332 g/mol. The van der Waals surface area contributed by atoms with Crippen molar-refractivity contribution in [1.29, 1.82) is 0 Å². The monoisotopic (exact) mass is 352 g/mol. The number of furan rings is 1. The number of carbonyl (C=O) groups excluding carboxylic acids is 3. The molecule has 2 heterocycles. The van der Waals surface area contributed by atoms with E-state index in [1.165, 1.54) is 11.1 Å². The minimum atomic E-state index is -1.29. The maximum Gasteiger partial charge on any atom is 0.325 e. The van der Waals surface area contributed by atoms with Crippen LogP contribution < -0.4 is 5.32 Å². The lowest BCUT2D eigenvalue weighted by atomic mass is 9.99. The van der Waals surface area contributed by atoms with Crippen molar-refractivity contribution in [3.63, 3.8) is 0 Å². The van der Waals surface area contributed by atoms with Gasteiger partial charge in [0.05, 0.1) is 6.54 Å². The van der Waals surface area contributed by atoms with Gasteiger partial charge in [0.15, 0.2) is 11.3 Å². The van der Waals surface area contributed by atoms with Gasteiger partial charge in [-0.15, -0.1) is 0 Å². The summed E-state index contributed by atoms with van der Waals surface area (Å²) in [7, 11) is 0. The molecule has 134 valence electrons. The quantitative estimate of drug-likeness (QED) is 0.678. The molecule has 1 aliphatic carbocycles. The van der Waals surface area contributed by atoms with E-state index >= 15 is 0 Å². The Kier molecular flexibility index (Phi) is 3.72. The van der Waals surface area contributed by atoms with Gasteiger partial charge in [-0.1, -0.05) is 12.1 Å². The highest BCUT2D eigenvalue weighted by atomic mass is 16.3. The third-order valence-corrected chi connectivity index (χ3v) is 5.23. The number of Topliss-reactive ketones (excluding diaryl/α,β-unsaturated/α-hetero) is 1. The number of hydrogen-bond acceptors (Lipinski definition) is 4. The Labute approximate surface area is 151 Å². The lowest BCUT2D eigenvalue weighted by Crippen LogP contribution is -2.41. The van der Waals surface area contributed by atoms with Crippen molar-refractivity contribution in [3.8, 4) is 0 Å². The third-order valence-electron chi connectivity index (χ3n) is 5.23. The van der Waals surface area contributed by atoms with Crippen molar-refractivity contribution in [2.75, 3.05) is 6.54 Å². The van der Waals surface area contributed by atoms with Gasteiger partial charge in [-0.3, -0.25) is 14.5 Å². The molecule has 1 atom stereocenters. The summed E-state index contributed by atoms with van der Waals surface area (Å²) in [5.41, 5.74) is 1.71. The first kappa shape index (κ1) is 16.6. The van der Waals surface area contributed by atoms with E-state index in [2.05, 4.69) is 5.32 Å². The average Bonchev–Trinajstić information content (AvgIpc) is 3.30. The van der Waals surface area contributed by atoms with Gasteiger partial charge in [0.1, 0.15) is 11.5 Å². The second-order valence-electron chi connectivity index (χ2n) is 7.12. The van der Waals surface area contributed by atoms with Crippen molar-refractivity contribution in [2.45, 2.75) is 38.6 Å². The van der Waals surface area contributed by atoms with Crippen molar-refractivity contribution >= 4 is 17.7 Å². The number of nitrogens with zero attached hydrogens (tertiary/aromatic N) is 1. The van der Waals surface area contributed by atoms with Gasteiger partial charge in [0.25, 0.3) is 5.91 Å². The molecule has 6 heteroatoms. The van der Waals surface area contributed by atoms with Crippen LogP contribution in [0.25, 0.3) is 0 Å². The van der Waals surface area contributed by atoms with Gasteiger partial charge >= 0.3 is 6.03 Å². The van der Waals surface area contributed by atoms with Crippen molar-refractivity contribution in [1.82, 2.24) is 10.2 Å². The van der Waals surface area contributed by atoms with Crippen LogP contribution in [0.1, 0.15) is 46.3 Å². The molecule has 2 aromatic rings. The lowest BCUT2D eigenvalue weighted by molar-refractivity contribution is -0.131. The van der Waals surface area contributed by atoms with Crippen LogP contribution in [0.5, 0.6) is 0 Å². The van der Waals surface area contributed by atoms with Gasteiger partial charge in [0, 0.05) is 5.56 Å². The number of fused-ring (bicyclic) bond motifs is 1. The Hall–Kier alpha value is -2.89. The van der Waals surface area contributed by atoms with Gasteiger partial charge < -0.3 is 9.73 Å². The summed E-state index contributed by atoms with van der Waals surface area (Å²) in [5.74, 6) is 0.284. The molecule has 1 saturated heterocycles. The van der Waals surface area contributed by atoms with E-state index in [9.17, 15) is 14.4 Å². The predicted molar refractivity (Wildman–Crippen MR) is 93.8 cm³/mol. The van der Waals surface area contributed by atoms with Crippen molar-refractivity contribution in [3.05, 3.63) is 58.5 Å². The van der Waals surface area contributed by atoms with Crippen LogP contribution in [0.2, 0.25) is 0 Å². The van der Waals surface area contributed by atoms with E-state index in [0.29, 0.717) is 17.1 Å². The molecule has 0 bridgehead atoms. The molecule has 0 saturated carbocycles. The van der Waals surface area contributed by atoms with Gasteiger partial charge in [-0.2, -0.15) is 0 Å². The molecule has 1 aliphatic heterocycles. The van der Waals surface area contributed by atoms with Crippen LogP contribution in [0.4, 0.5) is 4.79 Å². The molecule has 1 fully saturated rings. The molecular formula is C20H20N2O4. The second-order valence-corrected chi connectivity index (χ2v) is 7.12. The highest BCUT2D eigenvalue weighted by Gasteiger charge is 2.51. The number of imide groups is 1. The standard InChI is InChI=1S/C20H20N2O4/c1-12-6-9-17(26-12)20(2)18(24)22(19(25)21-20)11-16(23)15-8-7-13-4-3-5-14(13)10-15/h6-10H,3-5,11H2,1-2H3,(H,21,25)/t20-/m0/s1. The van der Waals surface area contributed by atoms with Crippen LogP contribution in [-0.4, -0.2) is 29.2 Å². The number of urea groups is 1. The van der Waals surface area contributed by atoms with Gasteiger partial charge in [-0.25, -0.2) is 4.79 Å². The molecule has 0 radical (unpaired) electrons. The molecule has 1 aromatic carbocycles. The number of carbonyl (C=O) groups is 3. The van der Waals surface area contributed by atoms with E-state index in [1.54, 1.807) is 32.0 Å². The zero-order valence-electron chi connectivity index (χ0n) is 14.8. The summed E-state index contributed by atoms with van der Waals surface area (Å²) < 4.78 is 5.53. The van der Waals surface area contributed by atoms with E-state index in [4.69, 9.17) is 4.42 Å². The maximum absolute atomic E-state index is 12.8. The second kappa shape index (κ2) is 5.83. The van der Waals surface area contributed by atoms with E-state index in [1.807, 2.05) is 12.1 Å². The van der Waals surface area contributed by atoms with Crippen molar-refractivity contribution in [2.24, 2.45) is 0 Å². The summed E-state index contributed by atoms with van der Waals surface area (Å²) in [6, 6.07) is 8.45. The first-order chi connectivity index (χ1) is 12.4. The molecule has 6 nitrogen and oxygen atoms in total. The zero-order chi connectivity index (χ0) is 18.5. The van der Waals surface area contributed by atoms with Crippen molar-refractivity contribution < 1.29 is 18.8 Å². The molecule has 2 aliphatic rings. The Morgan fingerprint density at radius 3 is 2.69 bits per heavy atom. The summed E-state index contributed by atoms with van der Waals surface area (Å²) in [6.45, 7) is 3.08. The number of aryl methyl sites for hydroxylation is 3. The Bertz CT molecular complexity index is 930. The van der Waals surface area contributed by atoms with E-state index < -0.39 is 17.5 Å². The highest BCUT2D eigenvalue weighted by Crippen LogP contribution is 2.30. The average molecular weight is 352 g/mol. The number of rotatable bonds is 4. The van der Waals surface area contributed by atoms with Crippen LogP contribution >= 0.6 is 0 Å². The molecule has 0 unspecified atom stereocenters. The smallest absolute Gasteiger partial charge is 0.325 e. The summed E-state index contributed by atoms with van der Waals surface area (Å²) in [5, 5.41) is 2.65. The SMILES string of the molecule is Cc1ccc([C@]2(C)NC(=O)N(CC(=O)c3ccc4c(c3)CCC4)C2=O)o1.